The van der Waals surface area contributed by atoms with Crippen LogP contribution in [0.2, 0.25) is 0 Å². The molecular weight excluding hydrogens is 426 g/mol. The fraction of sp³-hybridized carbons (Fsp3) is 0.286. The molecule has 10 heteroatoms. The average molecular weight is 448 g/mol. The van der Waals surface area contributed by atoms with Gasteiger partial charge in [0.25, 0.3) is 0 Å². The molecule has 0 bridgehead atoms. The van der Waals surface area contributed by atoms with E-state index in [0.717, 1.165) is 12.1 Å². The van der Waals surface area contributed by atoms with Crippen LogP contribution >= 0.6 is 0 Å². The predicted octanol–water partition coefficient (Wildman–Crippen LogP) is 3.57. The van der Waals surface area contributed by atoms with Crippen molar-refractivity contribution < 1.29 is 21.9 Å². The zero-order chi connectivity index (χ0) is 23.2. The van der Waals surface area contributed by atoms with Crippen LogP contribution in [0, 0.1) is 27.9 Å². The summed E-state index contributed by atoms with van der Waals surface area (Å²) in [5, 5.41) is 25.7. The summed E-state index contributed by atoms with van der Waals surface area (Å²) >= 11 is 0. The molecule has 0 spiro atoms. The maximum Gasteiger partial charge on any atom is 0.220 e. The average Bonchev–Trinajstić information content (AvgIpc) is 2.66. The Kier molecular flexibility index (Phi) is 5.47. The van der Waals surface area contributed by atoms with E-state index in [0.29, 0.717) is 17.5 Å². The van der Waals surface area contributed by atoms with Gasteiger partial charge in [-0.3, -0.25) is 16.2 Å². The molecular formula is C21H22F2N4O3S. The van der Waals surface area contributed by atoms with Crippen molar-refractivity contribution in [2.24, 2.45) is 0 Å². The van der Waals surface area contributed by atoms with Gasteiger partial charge in [-0.05, 0) is 62.2 Å². The molecule has 0 radical (unpaired) electrons. The van der Waals surface area contributed by atoms with Gasteiger partial charge in [0, 0.05) is 11.1 Å². The molecule has 1 aliphatic rings. The van der Waals surface area contributed by atoms with Crippen LogP contribution in [0.15, 0.2) is 36.4 Å². The molecule has 1 heterocycles. The Hall–Kier alpha value is -3.14. The second-order valence-electron chi connectivity index (χ2n) is 8.09. The Morgan fingerprint density at radius 3 is 2.42 bits per heavy atom. The molecule has 3 rings (SSSR count). The van der Waals surface area contributed by atoms with E-state index in [-0.39, 0.29) is 17.0 Å². The molecule has 1 saturated heterocycles. The number of halogens is 2. The first-order valence-corrected chi connectivity index (χ1v) is 10.9. The number of hydrogen-bond acceptors (Lipinski definition) is 6. The van der Waals surface area contributed by atoms with Crippen molar-refractivity contribution in [3.8, 4) is 11.1 Å². The van der Waals surface area contributed by atoms with E-state index >= 15 is 0 Å². The number of benzene rings is 2. The first-order chi connectivity index (χ1) is 14.3. The van der Waals surface area contributed by atoms with E-state index < -0.39 is 43.4 Å². The number of amidine groups is 1. The van der Waals surface area contributed by atoms with Gasteiger partial charge >= 0.3 is 0 Å². The molecule has 1 aliphatic heterocycles. The molecule has 31 heavy (non-hydrogen) atoms. The van der Waals surface area contributed by atoms with Gasteiger partial charge in [0.05, 0.1) is 11.3 Å². The number of ether oxygens (including phenoxy) is 1. The van der Waals surface area contributed by atoms with E-state index in [9.17, 15) is 17.2 Å². The molecule has 0 aromatic heterocycles. The summed E-state index contributed by atoms with van der Waals surface area (Å²) in [5.74, 6) is -2.43. The summed E-state index contributed by atoms with van der Waals surface area (Å²) in [7, 11) is -3.77. The van der Waals surface area contributed by atoms with Crippen LogP contribution in [0.1, 0.15) is 31.9 Å². The van der Waals surface area contributed by atoms with E-state index in [1.54, 1.807) is 0 Å². The zero-order valence-electron chi connectivity index (χ0n) is 17.1. The number of hydrogen-bond donors (Lipinski definition) is 4. The fourth-order valence-corrected chi connectivity index (χ4v) is 5.18. The van der Waals surface area contributed by atoms with Gasteiger partial charge in [-0.2, -0.15) is 0 Å². The lowest BCUT2D eigenvalue weighted by atomic mass is 9.89. The Labute approximate surface area is 178 Å². The molecule has 0 unspecified atom stereocenters. The maximum atomic E-state index is 14.8. The summed E-state index contributed by atoms with van der Waals surface area (Å²) in [4.78, 5) is 0. The predicted molar refractivity (Wildman–Crippen MR) is 115 cm³/mol. The van der Waals surface area contributed by atoms with Crippen LogP contribution in [0.4, 0.5) is 8.78 Å². The van der Waals surface area contributed by atoms with Gasteiger partial charge in [-0.1, -0.05) is 6.07 Å². The fourth-order valence-electron chi connectivity index (χ4n) is 3.47. The Morgan fingerprint density at radius 1 is 1.13 bits per heavy atom. The normalized spacial score (nSPS) is 21.8. The highest BCUT2D eigenvalue weighted by molar-refractivity contribution is 7.93. The minimum atomic E-state index is -3.77. The SMILES string of the molecule is CC1(C)C(=N)N[C@](C)(c2cc(-c3cc(F)cc(C(=N)OC=N)c3)ccc2F)CS1(=O)=O. The molecule has 164 valence electrons. The van der Waals surface area contributed by atoms with Crippen molar-refractivity contribution in [1.29, 1.82) is 16.2 Å². The van der Waals surface area contributed by atoms with Crippen molar-refractivity contribution in [3.05, 3.63) is 59.2 Å². The Morgan fingerprint density at radius 2 is 1.81 bits per heavy atom. The van der Waals surface area contributed by atoms with Gasteiger partial charge in [0.15, 0.2) is 16.2 Å². The van der Waals surface area contributed by atoms with E-state index in [1.165, 1.54) is 45.0 Å². The number of nitrogens with one attached hydrogen (secondary N) is 4. The van der Waals surface area contributed by atoms with Crippen LogP contribution in [0.5, 0.6) is 0 Å². The lowest BCUT2D eigenvalue weighted by Crippen LogP contribution is -2.64. The topological polar surface area (TPSA) is 127 Å². The van der Waals surface area contributed by atoms with Gasteiger partial charge in [-0.15, -0.1) is 0 Å². The third-order valence-electron chi connectivity index (χ3n) is 5.49. The molecule has 4 N–H and O–H groups in total. The van der Waals surface area contributed by atoms with Crippen molar-refractivity contribution in [2.45, 2.75) is 31.1 Å². The molecule has 1 fully saturated rings. The lowest BCUT2D eigenvalue weighted by molar-refractivity contribution is 0.422. The molecule has 0 amide bonds. The summed E-state index contributed by atoms with van der Waals surface area (Å²) < 4.78 is 57.8. The van der Waals surface area contributed by atoms with Gasteiger partial charge < -0.3 is 10.1 Å². The highest BCUT2D eigenvalue weighted by Crippen LogP contribution is 2.37. The van der Waals surface area contributed by atoms with E-state index in [1.807, 2.05) is 0 Å². The van der Waals surface area contributed by atoms with Crippen LogP contribution in [-0.4, -0.2) is 37.1 Å². The summed E-state index contributed by atoms with van der Waals surface area (Å²) in [6, 6.07) is 7.68. The zero-order valence-corrected chi connectivity index (χ0v) is 18.0. The van der Waals surface area contributed by atoms with E-state index in [2.05, 4.69) is 10.1 Å². The van der Waals surface area contributed by atoms with Crippen molar-refractivity contribution in [1.82, 2.24) is 5.32 Å². The first-order valence-electron chi connectivity index (χ1n) is 9.26. The minimum absolute atomic E-state index is 0.0189. The van der Waals surface area contributed by atoms with Crippen molar-refractivity contribution in [3.63, 3.8) is 0 Å². The summed E-state index contributed by atoms with van der Waals surface area (Å²) in [6.45, 7) is 4.34. The third-order valence-corrected chi connectivity index (χ3v) is 8.21. The Balaban J connectivity index is 2.11. The third kappa shape index (κ3) is 3.95. The van der Waals surface area contributed by atoms with Gasteiger partial charge in [0.2, 0.25) is 5.90 Å². The van der Waals surface area contributed by atoms with Crippen molar-refractivity contribution in [2.75, 3.05) is 5.75 Å². The number of rotatable bonds is 4. The standard InChI is InChI=1S/C21H22F2N4O3S/c1-20(2)19(26)27-21(3,10-31(20,28)29)16-9-12(4-5-17(16)23)13-6-14(8-15(22)7-13)18(25)30-11-24/h4-9,11,24-25H,10H2,1-3H3,(H2,26,27)/t21-/m0/s1. The first kappa shape index (κ1) is 22.5. The monoisotopic (exact) mass is 448 g/mol. The van der Waals surface area contributed by atoms with Crippen molar-refractivity contribution >= 4 is 28.0 Å². The van der Waals surface area contributed by atoms with Crippen LogP contribution in [0.3, 0.4) is 0 Å². The van der Waals surface area contributed by atoms with Crippen LogP contribution in [-0.2, 0) is 20.1 Å². The van der Waals surface area contributed by atoms with Gasteiger partial charge in [0.1, 0.15) is 22.2 Å². The second-order valence-corrected chi connectivity index (χ2v) is 10.6. The lowest BCUT2D eigenvalue weighted by Gasteiger charge is -2.43. The molecule has 2 aromatic rings. The van der Waals surface area contributed by atoms with E-state index in [4.69, 9.17) is 16.2 Å². The highest BCUT2D eigenvalue weighted by atomic mass is 32.2. The Bertz CT molecular complexity index is 1210. The smallest absolute Gasteiger partial charge is 0.220 e. The second kappa shape index (κ2) is 7.52. The number of sulfone groups is 1. The largest absolute Gasteiger partial charge is 0.428 e. The quantitative estimate of drug-likeness (QED) is 0.421. The van der Waals surface area contributed by atoms with Gasteiger partial charge in [-0.25, -0.2) is 17.2 Å². The summed E-state index contributed by atoms with van der Waals surface area (Å²) in [5.41, 5.74) is -0.607. The molecule has 0 aliphatic carbocycles. The maximum absolute atomic E-state index is 14.8. The van der Waals surface area contributed by atoms with Crippen LogP contribution < -0.4 is 5.32 Å². The summed E-state index contributed by atoms with van der Waals surface area (Å²) in [6.07, 6.45) is 0.551. The molecule has 1 atom stereocenters. The molecule has 0 saturated carbocycles. The van der Waals surface area contributed by atoms with Crippen LogP contribution in [0.25, 0.3) is 11.1 Å². The highest BCUT2D eigenvalue weighted by Gasteiger charge is 2.51. The minimum Gasteiger partial charge on any atom is -0.428 e. The molecule has 7 nitrogen and oxygen atoms in total. The molecule has 2 aromatic carbocycles.